The van der Waals surface area contributed by atoms with Crippen LogP contribution in [0.2, 0.25) is 0 Å². The molecule has 0 aliphatic carbocycles. The van der Waals surface area contributed by atoms with Gasteiger partial charge in [-0.1, -0.05) is 37.3 Å². The Morgan fingerprint density at radius 1 is 1.12 bits per heavy atom. The zero-order valence-corrected chi connectivity index (χ0v) is 9.48. The molecule has 3 N–H and O–H groups in total. The molecule has 2 aromatic carbocycles. The van der Waals surface area contributed by atoms with Crippen LogP contribution in [-0.4, -0.2) is 11.1 Å². The monoisotopic (exact) mass is 215 g/mol. The maximum atomic E-state index is 9.76. The van der Waals surface area contributed by atoms with Gasteiger partial charge in [0.2, 0.25) is 0 Å². The lowest BCUT2D eigenvalue weighted by Crippen LogP contribution is -2.21. The Morgan fingerprint density at radius 2 is 1.81 bits per heavy atom. The van der Waals surface area contributed by atoms with Crippen molar-refractivity contribution in [2.75, 3.05) is 0 Å². The Morgan fingerprint density at radius 3 is 2.50 bits per heavy atom. The number of rotatable bonds is 3. The van der Waals surface area contributed by atoms with Crippen LogP contribution in [0.5, 0.6) is 5.75 Å². The molecule has 2 aromatic rings. The summed E-state index contributed by atoms with van der Waals surface area (Å²) < 4.78 is 0. The number of hydrogen-bond acceptors (Lipinski definition) is 2. The fraction of sp³-hybridized carbons (Fsp3) is 0.286. The van der Waals surface area contributed by atoms with Gasteiger partial charge >= 0.3 is 0 Å². The molecule has 0 aliphatic rings. The Kier molecular flexibility index (Phi) is 3.11. The zero-order valence-electron chi connectivity index (χ0n) is 9.48. The molecule has 0 fully saturated rings. The fourth-order valence-corrected chi connectivity index (χ4v) is 1.95. The van der Waals surface area contributed by atoms with Crippen LogP contribution >= 0.6 is 0 Å². The molecule has 0 aromatic heterocycles. The molecular weight excluding hydrogens is 198 g/mol. The molecule has 2 rings (SSSR count). The molecule has 0 radical (unpaired) electrons. The quantitative estimate of drug-likeness (QED) is 0.827. The minimum atomic E-state index is 0.188. The van der Waals surface area contributed by atoms with E-state index in [1.165, 1.54) is 5.56 Å². The topological polar surface area (TPSA) is 46.2 Å². The third-order valence-corrected chi connectivity index (χ3v) is 3.00. The van der Waals surface area contributed by atoms with Gasteiger partial charge in [0, 0.05) is 11.4 Å². The minimum absolute atomic E-state index is 0.188. The van der Waals surface area contributed by atoms with Crippen molar-refractivity contribution in [3.63, 3.8) is 0 Å². The average Bonchev–Trinajstić information content (AvgIpc) is 2.33. The maximum absolute atomic E-state index is 9.76. The van der Waals surface area contributed by atoms with Gasteiger partial charge in [-0.3, -0.25) is 0 Å². The number of hydrogen-bond donors (Lipinski definition) is 2. The van der Waals surface area contributed by atoms with Gasteiger partial charge in [0.1, 0.15) is 5.75 Å². The molecule has 0 spiro atoms. The van der Waals surface area contributed by atoms with Crippen LogP contribution in [-0.2, 0) is 6.42 Å². The molecule has 0 saturated carbocycles. The van der Waals surface area contributed by atoms with Crippen molar-refractivity contribution in [3.8, 4) is 5.75 Å². The lowest BCUT2D eigenvalue weighted by Gasteiger charge is -2.12. The van der Waals surface area contributed by atoms with E-state index in [0.29, 0.717) is 5.75 Å². The molecule has 84 valence electrons. The first-order valence-electron chi connectivity index (χ1n) is 5.67. The number of fused-ring (bicyclic) bond motifs is 1. The highest BCUT2D eigenvalue weighted by Gasteiger charge is 2.07. The summed E-state index contributed by atoms with van der Waals surface area (Å²) in [5.41, 5.74) is 7.18. The first kappa shape index (κ1) is 11.0. The summed E-state index contributed by atoms with van der Waals surface area (Å²) in [5.74, 6) is 0.337. The van der Waals surface area contributed by atoms with E-state index >= 15 is 0 Å². The van der Waals surface area contributed by atoms with E-state index in [1.807, 2.05) is 30.3 Å². The Balaban J connectivity index is 2.50. The van der Waals surface area contributed by atoms with Crippen LogP contribution in [0.1, 0.15) is 18.9 Å². The second-order valence-corrected chi connectivity index (χ2v) is 4.16. The van der Waals surface area contributed by atoms with E-state index in [2.05, 4.69) is 6.92 Å². The molecule has 16 heavy (non-hydrogen) atoms. The van der Waals surface area contributed by atoms with Crippen LogP contribution in [0, 0.1) is 0 Å². The zero-order chi connectivity index (χ0) is 11.5. The van der Waals surface area contributed by atoms with Gasteiger partial charge in [0.15, 0.2) is 0 Å². The van der Waals surface area contributed by atoms with Crippen molar-refractivity contribution in [2.45, 2.75) is 25.8 Å². The predicted molar refractivity (Wildman–Crippen MR) is 67.6 cm³/mol. The molecular formula is C14H17NO. The highest BCUT2D eigenvalue weighted by Crippen LogP contribution is 2.28. The molecule has 2 nitrogen and oxygen atoms in total. The second kappa shape index (κ2) is 4.54. The Labute approximate surface area is 95.7 Å². The largest absolute Gasteiger partial charge is 0.507 e. The smallest absolute Gasteiger partial charge is 0.123 e. The highest BCUT2D eigenvalue weighted by molar-refractivity contribution is 5.90. The number of phenolic OH excluding ortho intramolecular Hbond substituents is 1. The average molecular weight is 215 g/mol. The van der Waals surface area contributed by atoms with E-state index in [-0.39, 0.29) is 6.04 Å². The van der Waals surface area contributed by atoms with E-state index in [1.54, 1.807) is 6.07 Å². The van der Waals surface area contributed by atoms with Gasteiger partial charge in [0.05, 0.1) is 0 Å². The lowest BCUT2D eigenvalue weighted by molar-refractivity contribution is 0.481. The highest BCUT2D eigenvalue weighted by atomic mass is 16.3. The van der Waals surface area contributed by atoms with Gasteiger partial charge < -0.3 is 10.8 Å². The van der Waals surface area contributed by atoms with Crippen molar-refractivity contribution >= 4 is 10.8 Å². The third-order valence-electron chi connectivity index (χ3n) is 3.00. The van der Waals surface area contributed by atoms with Gasteiger partial charge in [-0.2, -0.15) is 0 Å². The molecule has 2 heteroatoms. The summed E-state index contributed by atoms with van der Waals surface area (Å²) in [4.78, 5) is 0. The van der Waals surface area contributed by atoms with Crippen molar-refractivity contribution in [3.05, 3.63) is 42.0 Å². The summed E-state index contributed by atoms with van der Waals surface area (Å²) in [6.07, 6.45) is 1.83. The van der Waals surface area contributed by atoms with E-state index in [9.17, 15) is 5.11 Å². The second-order valence-electron chi connectivity index (χ2n) is 4.16. The van der Waals surface area contributed by atoms with Gasteiger partial charge in [0.25, 0.3) is 0 Å². The predicted octanol–water partition coefficient (Wildman–Crippen LogP) is 2.83. The van der Waals surface area contributed by atoms with Crippen LogP contribution in [0.4, 0.5) is 0 Å². The first-order valence-corrected chi connectivity index (χ1v) is 5.67. The number of aromatic hydroxyl groups is 1. The summed E-state index contributed by atoms with van der Waals surface area (Å²) in [6.45, 7) is 2.09. The van der Waals surface area contributed by atoms with Gasteiger partial charge in [-0.15, -0.1) is 0 Å². The standard InChI is InChI=1S/C14H17NO/c1-2-11(15)9-10-7-8-14(16)13-6-4-3-5-12(10)13/h3-8,11,16H,2,9,15H2,1H3. The fourth-order valence-electron chi connectivity index (χ4n) is 1.95. The molecule has 1 atom stereocenters. The molecule has 0 aliphatic heterocycles. The number of nitrogens with two attached hydrogens (primary N) is 1. The number of benzene rings is 2. The normalized spacial score (nSPS) is 12.9. The van der Waals surface area contributed by atoms with E-state index in [0.717, 1.165) is 23.6 Å². The molecule has 1 unspecified atom stereocenters. The summed E-state index contributed by atoms with van der Waals surface area (Å²) in [5, 5.41) is 11.8. The van der Waals surface area contributed by atoms with Crippen molar-refractivity contribution in [1.29, 1.82) is 0 Å². The Bertz CT molecular complexity index is 493. The lowest BCUT2D eigenvalue weighted by atomic mass is 9.97. The van der Waals surface area contributed by atoms with Crippen molar-refractivity contribution < 1.29 is 5.11 Å². The van der Waals surface area contributed by atoms with E-state index in [4.69, 9.17) is 5.73 Å². The first-order chi connectivity index (χ1) is 7.72. The summed E-state index contributed by atoms with van der Waals surface area (Å²) >= 11 is 0. The van der Waals surface area contributed by atoms with Gasteiger partial charge in [-0.05, 0) is 29.9 Å². The Hall–Kier alpha value is -1.54. The van der Waals surface area contributed by atoms with Gasteiger partial charge in [-0.25, -0.2) is 0 Å². The molecule has 0 saturated heterocycles. The molecule has 0 heterocycles. The van der Waals surface area contributed by atoms with Crippen molar-refractivity contribution in [1.82, 2.24) is 0 Å². The van der Waals surface area contributed by atoms with Crippen LogP contribution in [0.15, 0.2) is 36.4 Å². The SMILES string of the molecule is CCC(N)Cc1ccc(O)c2ccccc12. The molecule has 0 bridgehead atoms. The molecule has 0 amide bonds. The van der Waals surface area contributed by atoms with Crippen LogP contribution in [0.25, 0.3) is 10.8 Å². The van der Waals surface area contributed by atoms with E-state index < -0.39 is 0 Å². The van der Waals surface area contributed by atoms with Crippen LogP contribution < -0.4 is 5.73 Å². The van der Waals surface area contributed by atoms with Crippen molar-refractivity contribution in [2.24, 2.45) is 5.73 Å². The third kappa shape index (κ3) is 2.02. The van der Waals surface area contributed by atoms with Crippen LogP contribution in [0.3, 0.4) is 0 Å². The summed E-state index contributed by atoms with van der Waals surface area (Å²) in [6, 6.07) is 11.8. The number of phenols is 1. The minimum Gasteiger partial charge on any atom is -0.507 e. The summed E-state index contributed by atoms with van der Waals surface area (Å²) in [7, 11) is 0. The maximum Gasteiger partial charge on any atom is 0.123 e.